The molecule has 13 nitrogen and oxygen atoms in total. The zero-order valence-corrected chi connectivity index (χ0v) is 16.5. The van der Waals surface area contributed by atoms with Crippen LogP contribution in [0.4, 0.5) is 5.82 Å². The Morgan fingerprint density at radius 2 is 2.10 bits per heavy atom. The number of hydrogen-bond acceptors (Lipinski definition) is 11. The van der Waals surface area contributed by atoms with E-state index in [4.69, 9.17) is 4.74 Å². The lowest BCUT2D eigenvalue weighted by Crippen LogP contribution is -2.33. The number of hydrogen-bond donors (Lipinski definition) is 5. The smallest absolute Gasteiger partial charge is 0.217 e. The highest BCUT2D eigenvalue weighted by Gasteiger charge is 2.44. The van der Waals surface area contributed by atoms with Gasteiger partial charge < -0.3 is 25.4 Å². The maximum absolute atomic E-state index is 10.5. The molecular formula is C18H23N9O4. The first-order valence-corrected chi connectivity index (χ1v) is 10.5. The van der Waals surface area contributed by atoms with Crippen molar-refractivity contribution < 1.29 is 20.1 Å². The molecule has 2 bridgehead atoms. The van der Waals surface area contributed by atoms with Crippen molar-refractivity contribution in [2.45, 2.75) is 56.3 Å². The van der Waals surface area contributed by atoms with Gasteiger partial charge in [-0.3, -0.25) is 4.57 Å². The van der Waals surface area contributed by atoms with Crippen molar-refractivity contribution >= 4 is 17.0 Å². The third-order valence-electron chi connectivity index (χ3n) is 6.83. The average molecular weight is 429 g/mol. The van der Waals surface area contributed by atoms with E-state index in [2.05, 4.69) is 40.9 Å². The number of aromatic nitrogens is 8. The molecule has 4 heterocycles. The molecule has 0 radical (unpaired) electrons. The molecule has 2 saturated carbocycles. The average Bonchev–Trinajstić information content (AvgIpc) is 3.59. The van der Waals surface area contributed by atoms with Crippen molar-refractivity contribution in [3.05, 3.63) is 6.33 Å². The van der Waals surface area contributed by atoms with E-state index in [0.29, 0.717) is 34.8 Å². The third kappa shape index (κ3) is 2.99. The number of nitrogens with one attached hydrogen (secondary N) is 2. The Morgan fingerprint density at radius 3 is 2.77 bits per heavy atom. The summed E-state index contributed by atoms with van der Waals surface area (Å²) in [6.07, 6.45) is 2.01. The minimum atomic E-state index is -1.25. The second-order valence-electron chi connectivity index (χ2n) is 8.62. The Labute approximate surface area is 175 Å². The number of imidazole rings is 1. The number of fused-ring (bicyclic) bond motifs is 3. The van der Waals surface area contributed by atoms with Crippen molar-refractivity contribution in [2.24, 2.45) is 11.8 Å². The molecule has 31 heavy (non-hydrogen) atoms. The molecule has 0 spiro atoms. The predicted octanol–water partition coefficient (Wildman–Crippen LogP) is -0.782. The number of aliphatic hydroxyl groups excluding tert-OH is 3. The summed E-state index contributed by atoms with van der Waals surface area (Å²) in [6, 6.07) is 0.316. The summed E-state index contributed by atoms with van der Waals surface area (Å²) in [4.78, 5) is 13.7. The van der Waals surface area contributed by atoms with Gasteiger partial charge in [-0.15, -0.1) is 5.10 Å². The number of aromatic amines is 1. The molecule has 3 aromatic heterocycles. The van der Waals surface area contributed by atoms with E-state index >= 15 is 0 Å². The fourth-order valence-corrected chi connectivity index (χ4v) is 5.27. The molecule has 6 rings (SSSR count). The van der Waals surface area contributed by atoms with Gasteiger partial charge in [0.2, 0.25) is 11.6 Å². The van der Waals surface area contributed by atoms with Gasteiger partial charge in [0.25, 0.3) is 0 Å². The van der Waals surface area contributed by atoms with Crippen LogP contribution in [0.2, 0.25) is 0 Å². The van der Waals surface area contributed by atoms with Gasteiger partial charge in [-0.2, -0.15) is 0 Å². The first-order valence-electron chi connectivity index (χ1n) is 10.5. The van der Waals surface area contributed by atoms with Crippen molar-refractivity contribution in [2.75, 3.05) is 11.9 Å². The summed E-state index contributed by atoms with van der Waals surface area (Å²) in [7, 11) is 0. The van der Waals surface area contributed by atoms with Gasteiger partial charge in [-0.1, -0.05) is 6.42 Å². The van der Waals surface area contributed by atoms with Gasteiger partial charge in [-0.05, 0) is 41.5 Å². The first-order chi connectivity index (χ1) is 15.1. The summed E-state index contributed by atoms with van der Waals surface area (Å²) in [6.45, 7) is -0.414. The van der Waals surface area contributed by atoms with Crippen LogP contribution in [0.15, 0.2) is 6.33 Å². The molecule has 0 aromatic carbocycles. The molecule has 7 atom stereocenters. The van der Waals surface area contributed by atoms with Gasteiger partial charge in [-0.25, -0.2) is 20.1 Å². The molecule has 3 aliphatic rings. The molecule has 1 aliphatic heterocycles. The molecule has 2 aliphatic carbocycles. The summed E-state index contributed by atoms with van der Waals surface area (Å²) >= 11 is 0. The lowest BCUT2D eigenvalue weighted by atomic mass is 9.95. The van der Waals surface area contributed by atoms with E-state index in [9.17, 15) is 15.3 Å². The monoisotopic (exact) mass is 429 g/mol. The molecule has 164 valence electrons. The summed E-state index contributed by atoms with van der Waals surface area (Å²) in [5.74, 6) is 2.52. The number of anilines is 1. The van der Waals surface area contributed by atoms with E-state index in [1.165, 1.54) is 25.6 Å². The SMILES string of the molecule is OC[C@H]1O[C@@H](n2cnc3c(NC4CC5CCC4C5)nc(-c4nnn[nH]4)nc32)[C@@H](O)[C@H]1O. The fourth-order valence-electron chi connectivity index (χ4n) is 5.27. The van der Waals surface area contributed by atoms with Crippen LogP contribution < -0.4 is 5.32 Å². The van der Waals surface area contributed by atoms with E-state index in [1.807, 2.05) is 0 Å². The highest BCUT2D eigenvalue weighted by Crippen LogP contribution is 2.46. The van der Waals surface area contributed by atoms with Crippen LogP contribution in [0.3, 0.4) is 0 Å². The largest absolute Gasteiger partial charge is 0.394 e. The third-order valence-corrected chi connectivity index (χ3v) is 6.83. The van der Waals surface area contributed by atoms with Gasteiger partial charge in [0.15, 0.2) is 23.2 Å². The number of nitrogens with zero attached hydrogens (tertiary/aromatic N) is 7. The molecular weight excluding hydrogens is 406 g/mol. The van der Waals surface area contributed by atoms with Gasteiger partial charge in [0, 0.05) is 6.04 Å². The standard InChI is InChI=1S/C18H23N9O4/c28-5-10-12(29)13(30)18(31-10)27-6-19-11-14(20-9-4-7-1-2-8(9)3-7)21-15(22-17(11)27)16-23-25-26-24-16/h6-10,12-13,18,28-30H,1-5H2,(H,20,21,22)(H,23,24,25,26)/t7?,8?,9?,10-,12+,13+,18-/m1/s1. The van der Waals surface area contributed by atoms with Crippen LogP contribution in [0, 0.1) is 11.8 Å². The van der Waals surface area contributed by atoms with Gasteiger partial charge >= 0.3 is 0 Å². The maximum Gasteiger partial charge on any atom is 0.217 e. The van der Waals surface area contributed by atoms with Crippen LogP contribution in [-0.2, 0) is 4.74 Å². The van der Waals surface area contributed by atoms with Gasteiger partial charge in [0.1, 0.15) is 18.3 Å². The second kappa shape index (κ2) is 7.15. The topological polar surface area (TPSA) is 180 Å². The first kappa shape index (κ1) is 19.0. The Morgan fingerprint density at radius 1 is 1.19 bits per heavy atom. The molecule has 1 saturated heterocycles. The predicted molar refractivity (Wildman–Crippen MR) is 104 cm³/mol. The number of ether oxygens (including phenoxy) is 1. The lowest BCUT2D eigenvalue weighted by molar-refractivity contribution is -0.0511. The number of rotatable bonds is 5. The van der Waals surface area contributed by atoms with E-state index in [1.54, 1.807) is 4.57 Å². The minimum Gasteiger partial charge on any atom is -0.394 e. The van der Waals surface area contributed by atoms with Crippen molar-refractivity contribution in [3.8, 4) is 11.6 Å². The number of tetrazole rings is 1. The van der Waals surface area contributed by atoms with Crippen LogP contribution in [0.1, 0.15) is 31.9 Å². The molecule has 3 aromatic rings. The van der Waals surface area contributed by atoms with Crippen LogP contribution >= 0.6 is 0 Å². The molecule has 3 fully saturated rings. The normalized spacial score (nSPS) is 34.7. The van der Waals surface area contributed by atoms with Crippen molar-refractivity contribution in [1.29, 1.82) is 0 Å². The van der Waals surface area contributed by atoms with Crippen LogP contribution in [-0.4, -0.2) is 86.4 Å². The summed E-state index contributed by atoms with van der Waals surface area (Å²) < 4.78 is 7.22. The van der Waals surface area contributed by atoms with E-state index < -0.39 is 31.1 Å². The van der Waals surface area contributed by atoms with Gasteiger partial charge in [0.05, 0.1) is 12.9 Å². The molecule has 13 heteroatoms. The van der Waals surface area contributed by atoms with Crippen molar-refractivity contribution in [1.82, 2.24) is 40.1 Å². The second-order valence-corrected chi connectivity index (χ2v) is 8.62. The summed E-state index contributed by atoms with van der Waals surface area (Å²) in [5, 5.41) is 47.4. The lowest BCUT2D eigenvalue weighted by Gasteiger charge is -2.23. The Balaban J connectivity index is 1.43. The highest BCUT2D eigenvalue weighted by atomic mass is 16.6. The summed E-state index contributed by atoms with van der Waals surface area (Å²) in [5.41, 5.74) is 0.929. The quantitative estimate of drug-likeness (QED) is 0.343. The molecule has 3 unspecified atom stereocenters. The van der Waals surface area contributed by atoms with E-state index in [-0.39, 0.29) is 5.82 Å². The Bertz CT molecular complexity index is 1090. The van der Waals surface area contributed by atoms with Crippen molar-refractivity contribution in [3.63, 3.8) is 0 Å². The Kier molecular flexibility index (Phi) is 4.38. The molecule has 0 amide bonds. The van der Waals surface area contributed by atoms with E-state index in [0.717, 1.165) is 12.3 Å². The Hall–Kier alpha value is -2.74. The fraction of sp³-hybridized carbons (Fsp3) is 0.667. The van der Waals surface area contributed by atoms with Crippen LogP contribution in [0.25, 0.3) is 22.8 Å². The number of aliphatic hydroxyl groups is 3. The highest BCUT2D eigenvalue weighted by molar-refractivity contribution is 5.85. The zero-order valence-electron chi connectivity index (χ0n) is 16.5. The maximum atomic E-state index is 10.5. The number of H-pyrrole nitrogens is 1. The molecule has 5 N–H and O–H groups in total. The zero-order chi connectivity index (χ0) is 21.1. The van der Waals surface area contributed by atoms with Crippen LogP contribution in [0.5, 0.6) is 0 Å². The minimum absolute atomic E-state index is 0.275.